The first-order valence-electron chi connectivity index (χ1n) is 34.0. The van der Waals surface area contributed by atoms with Gasteiger partial charge in [0.05, 0.1) is 40.2 Å². The van der Waals surface area contributed by atoms with Crippen molar-refractivity contribution in [1.82, 2.24) is 30.1 Å². The van der Waals surface area contributed by atoms with Crippen molar-refractivity contribution >= 4 is 47.0 Å². The first-order valence-corrected chi connectivity index (χ1v) is 34.9. The number of aldehydes is 2. The molecule has 500 valence electrons. The van der Waals surface area contributed by atoms with Crippen LogP contribution in [0.3, 0.4) is 0 Å². The Labute approximate surface area is 542 Å². The standard InChI is InChI=1S/C31H40N4OS.C13H19NO2.C7H13NO2.C7H16.C6H15N.C4H8.C3H6.2C2H6/c1-8-31(5,6)17-25-24-15-21(26-19-37-28(34-26)16-22(18-36)32-7)12-13-27(24)35(9-2)30(25)23-11-10-14-33-29(23)20(3)4;1-3-4-13(15)12(14)9-16-11-7-5-10(2)6-8-11;1-6(2)7(4-9)8(3)5-10;1-4-6-7(3)5-2;1-3-4-5-6-7-2;1-4-2-3-4;1-2-3-1;2*1-2/h10-15,18-20,22,32H,8-9,16-17H2,1-7H3;5-8,12H,3-4,9,14H2,1-2H3;4-7H,1-3H3;7H,4-6H2,1-3H3;7H,3-6H2,1-2H3;4H,2-3H2,1H3;1-3H2;2*1-2H3/t;12-;;7-;;;;;/m.1.1...../s1. The number of hydrogen-bond donors (Lipinski definition) is 3. The number of fused-ring (bicyclic) bond motifs is 1. The molecule has 4 N–H and O–H groups in total. The normalized spacial score (nSPS) is 13.1. The number of ether oxygens (including phenoxy) is 1. The van der Waals surface area contributed by atoms with Crippen molar-refractivity contribution in [2.75, 3.05) is 34.3 Å². The van der Waals surface area contributed by atoms with Gasteiger partial charge < -0.3 is 40.2 Å². The molecule has 0 aliphatic heterocycles. The number of aryl methyl sites for hydroxylation is 2. The Hall–Kier alpha value is -5.08. The zero-order valence-corrected chi connectivity index (χ0v) is 60.7. The van der Waals surface area contributed by atoms with Gasteiger partial charge in [-0.3, -0.25) is 14.6 Å². The quantitative estimate of drug-likeness (QED) is 0.0325. The highest BCUT2D eigenvalue weighted by Crippen LogP contribution is 2.42. The number of pyridine rings is 1. The molecular weight excluding hydrogens is 1110 g/mol. The number of ketones is 1. The van der Waals surface area contributed by atoms with Crippen molar-refractivity contribution in [2.24, 2.45) is 28.9 Å². The molecule has 0 spiro atoms. The van der Waals surface area contributed by atoms with Crippen LogP contribution in [0.25, 0.3) is 33.4 Å². The van der Waals surface area contributed by atoms with E-state index >= 15 is 0 Å². The Kier molecular flexibility index (Phi) is 48.9. The first kappa shape index (κ1) is 85.0. The van der Waals surface area contributed by atoms with Gasteiger partial charge in [-0.25, -0.2) is 4.98 Å². The Morgan fingerprint density at radius 2 is 1.50 bits per heavy atom. The molecule has 2 aliphatic rings. The van der Waals surface area contributed by atoms with E-state index in [9.17, 15) is 19.2 Å². The summed E-state index contributed by atoms with van der Waals surface area (Å²) in [7, 11) is 5.41. The minimum atomic E-state index is -0.513. The smallest absolute Gasteiger partial charge is 0.210 e. The zero-order valence-electron chi connectivity index (χ0n) is 59.9. The number of hydrogen-bond acceptors (Lipinski definition) is 11. The minimum absolute atomic E-state index is 0.0645. The summed E-state index contributed by atoms with van der Waals surface area (Å²) in [4.78, 5) is 54.3. The monoisotopic (exact) mass is 1240 g/mol. The van der Waals surface area contributed by atoms with Gasteiger partial charge in [0.15, 0.2) is 5.78 Å². The second kappa shape index (κ2) is 50.6. The summed E-state index contributed by atoms with van der Waals surface area (Å²) in [5, 5.41) is 10.5. The van der Waals surface area contributed by atoms with Crippen LogP contribution in [0.2, 0.25) is 0 Å². The van der Waals surface area contributed by atoms with Crippen molar-refractivity contribution in [1.29, 1.82) is 0 Å². The predicted octanol–water partition coefficient (Wildman–Crippen LogP) is 18.5. The van der Waals surface area contributed by atoms with Gasteiger partial charge in [-0.1, -0.05) is 212 Å². The third-order valence-electron chi connectivity index (χ3n) is 15.1. The maximum Gasteiger partial charge on any atom is 0.210 e. The number of nitrogens with one attached hydrogen (secondary N) is 2. The van der Waals surface area contributed by atoms with Gasteiger partial charge in [0.25, 0.3) is 0 Å². The van der Waals surface area contributed by atoms with Crippen LogP contribution in [-0.2, 0) is 38.6 Å². The molecular formula is C75H129N7O5S. The van der Waals surface area contributed by atoms with Crippen LogP contribution in [0.15, 0.2) is 66.2 Å². The molecule has 7 rings (SSSR count). The van der Waals surface area contributed by atoms with Gasteiger partial charge in [0.1, 0.15) is 24.9 Å². The van der Waals surface area contributed by atoms with E-state index in [1.807, 2.05) is 99.9 Å². The highest BCUT2D eigenvalue weighted by atomic mass is 32.1. The van der Waals surface area contributed by atoms with Gasteiger partial charge in [0.2, 0.25) is 6.41 Å². The van der Waals surface area contributed by atoms with Crippen LogP contribution < -0.4 is 21.1 Å². The molecule has 0 bridgehead atoms. The van der Waals surface area contributed by atoms with Crippen molar-refractivity contribution in [3.63, 3.8) is 0 Å². The van der Waals surface area contributed by atoms with Crippen molar-refractivity contribution in [3.05, 3.63) is 88.0 Å². The van der Waals surface area contributed by atoms with Gasteiger partial charge in [-0.15, -0.1) is 11.3 Å². The number of Topliss-reactive ketones (excluding diaryl/α,β-unsaturated/α-hetero) is 1. The van der Waals surface area contributed by atoms with Crippen molar-refractivity contribution < 1.29 is 23.9 Å². The summed E-state index contributed by atoms with van der Waals surface area (Å²) in [6.07, 6.45) is 23.9. The molecule has 0 radical (unpaired) electrons. The number of thiazole rings is 1. The maximum atomic E-state index is 11.4. The third-order valence-corrected chi connectivity index (χ3v) is 15.9. The third kappa shape index (κ3) is 35.3. The summed E-state index contributed by atoms with van der Waals surface area (Å²) in [6.45, 7) is 43.1. The average Bonchev–Trinajstić information content (AvgIpc) is 1.75. The number of carbonyl (C=O) groups excluding carboxylic acids is 4. The summed E-state index contributed by atoms with van der Waals surface area (Å²) in [5.74, 6) is 3.38. The topological polar surface area (TPSA) is 162 Å². The molecule has 2 fully saturated rings. The molecule has 5 aromatic rings. The molecule has 3 heterocycles. The number of benzene rings is 2. The van der Waals surface area contributed by atoms with Gasteiger partial charge >= 0.3 is 0 Å². The number of aromatic nitrogens is 3. The molecule has 13 heteroatoms. The number of nitrogens with two attached hydrogens (primary N) is 1. The fourth-order valence-electron chi connectivity index (χ4n) is 8.58. The fourth-order valence-corrected chi connectivity index (χ4v) is 9.44. The highest BCUT2D eigenvalue weighted by Gasteiger charge is 2.27. The van der Waals surface area contributed by atoms with Crippen LogP contribution in [-0.4, -0.2) is 96.6 Å². The Morgan fingerprint density at radius 1 is 0.875 bits per heavy atom. The number of rotatable bonds is 28. The van der Waals surface area contributed by atoms with E-state index in [2.05, 4.69) is 127 Å². The molecule has 4 atom stereocenters. The molecule has 2 unspecified atom stereocenters. The highest BCUT2D eigenvalue weighted by molar-refractivity contribution is 7.10. The molecule has 2 saturated carbocycles. The number of nitrogens with zero attached hydrogens (tertiary/aromatic N) is 4. The SMILES string of the molecule is C1CC1.CC.CC.CC(C)C(C=O)N(C)C=O.CC1CC1.CCCC(=O)[C@H](N)COc1ccc(C)cc1.CCCCCNC.CCC[C@H](C)CC.CCn1c(-c2cccnc2C(C)C)c(CC(C)(C)CC)c2cc(-c3csc(CC(C=O)NC)n3)ccc21. The number of carbonyl (C=O) groups is 4. The molecule has 12 nitrogen and oxygen atoms in total. The molecule has 1 amide bonds. The van der Waals surface area contributed by atoms with E-state index in [4.69, 9.17) is 20.4 Å². The van der Waals surface area contributed by atoms with E-state index < -0.39 is 6.04 Å². The van der Waals surface area contributed by atoms with Crippen molar-refractivity contribution in [3.8, 4) is 28.3 Å². The first-order chi connectivity index (χ1) is 42.1. The second-order valence-electron chi connectivity index (χ2n) is 24.4. The lowest BCUT2D eigenvalue weighted by atomic mass is 9.81. The molecule has 2 aliphatic carbocycles. The Balaban J connectivity index is 0. The summed E-state index contributed by atoms with van der Waals surface area (Å²) in [6, 6.07) is 17.8. The van der Waals surface area contributed by atoms with Crippen LogP contribution in [0.5, 0.6) is 5.75 Å². The second-order valence-corrected chi connectivity index (χ2v) is 25.3. The van der Waals surface area contributed by atoms with E-state index in [0.717, 1.165) is 77.9 Å². The molecule has 0 saturated heterocycles. The molecule has 2 aromatic carbocycles. The molecule has 88 heavy (non-hydrogen) atoms. The van der Waals surface area contributed by atoms with Crippen LogP contribution in [0, 0.1) is 30.1 Å². The van der Waals surface area contributed by atoms with E-state index in [1.165, 1.54) is 115 Å². The molecule has 3 aromatic heterocycles. The average molecular weight is 1240 g/mol. The van der Waals surface area contributed by atoms with Gasteiger partial charge in [0, 0.05) is 60.0 Å². The van der Waals surface area contributed by atoms with Crippen molar-refractivity contribution in [2.45, 2.75) is 265 Å². The summed E-state index contributed by atoms with van der Waals surface area (Å²) < 4.78 is 7.91. The maximum absolute atomic E-state index is 11.4. The lowest BCUT2D eigenvalue weighted by Gasteiger charge is -2.24. The van der Waals surface area contributed by atoms with Crippen LogP contribution in [0.1, 0.15) is 242 Å². The minimum Gasteiger partial charge on any atom is -0.492 e. The lowest BCUT2D eigenvalue weighted by Crippen LogP contribution is -2.36. The van der Waals surface area contributed by atoms with Gasteiger partial charge in [-0.2, -0.15) is 0 Å². The zero-order chi connectivity index (χ0) is 67.2. The predicted molar refractivity (Wildman–Crippen MR) is 382 cm³/mol. The van der Waals surface area contributed by atoms with Crippen LogP contribution in [0.4, 0.5) is 0 Å². The summed E-state index contributed by atoms with van der Waals surface area (Å²) in [5.41, 5.74) is 15.5. The Bertz CT molecular complexity index is 2540. The van der Waals surface area contributed by atoms with E-state index in [-0.39, 0.29) is 35.8 Å². The van der Waals surface area contributed by atoms with Crippen LogP contribution >= 0.6 is 11.3 Å². The number of likely N-dealkylation sites (N-methyl/N-ethyl adjacent to an activating group) is 2. The Morgan fingerprint density at radius 3 is 1.93 bits per heavy atom. The van der Waals surface area contributed by atoms with E-state index in [0.29, 0.717) is 25.2 Å². The van der Waals surface area contributed by atoms with Gasteiger partial charge in [-0.05, 0) is 125 Å². The number of unbranched alkanes of at least 4 members (excludes halogenated alkanes) is 2. The fraction of sp³-hybridized carbons (Fsp3) is 0.653. The van der Waals surface area contributed by atoms with E-state index in [1.54, 1.807) is 18.4 Å². The lowest BCUT2D eigenvalue weighted by molar-refractivity contribution is -0.125. The number of amides is 1. The largest absolute Gasteiger partial charge is 0.492 e. The summed E-state index contributed by atoms with van der Waals surface area (Å²) >= 11 is 1.62.